The monoisotopic (exact) mass is 266 g/mol. The number of benzene rings is 1. The van der Waals surface area contributed by atoms with Gasteiger partial charge in [0, 0.05) is 10.0 Å². The van der Waals surface area contributed by atoms with E-state index >= 15 is 0 Å². The maximum atomic E-state index is 13.2. The van der Waals surface area contributed by atoms with E-state index in [1.807, 2.05) is 13.3 Å². The molecular formula is C9H10BrF2P. The van der Waals surface area contributed by atoms with E-state index in [0.29, 0.717) is 10.6 Å². The summed E-state index contributed by atoms with van der Waals surface area (Å²) in [5, 5.41) is 0. The van der Waals surface area contributed by atoms with Gasteiger partial charge >= 0.3 is 0 Å². The largest absolute Gasteiger partial charge is 0.207 e. The van der Waals surface area contributed by atoms with Crippen molar-refractivity contribution in [2.45, 2.75) is 6.16 Å². The summed E-state index contributed by atoms with van der Waals surface area (Å²) in [5.74, 6) is -0.911. The second-order valence-corrected chi connectivity index (χ2v) is 6.48. The van der Waals surface area contributed by atoms with Gasteiger partial charge in [-0.05, 0) is 31.6 Å². The molecule has 0 unspecified atom stereocenters. The lowest BCUT2D eigenvalue weighted by Crippen LogP contribution is -1.94. The van der Waals surface area contributed by atoms with Crippen LogP contribution in [0.4, 0.5) is 8.78 Å². The number of hydrogen-bond acceptors (Lipinski definition) is 0. The minimum atomic E-state index is -0.455. The SMILES string of the molecule is CP(C)Cc1c(F)cc(Br)cc1F. The van der Waals surface area contributed by atoms with E-state index in [2.05, 4.69) is 15.9 Å². The minimum absolute atomic E-state index is 0.208. The molecule has 0 bridgehead atoms. The van der Waals surface area contributed by atoms with E-state index in [-0.39, 0.29) is 13.5 Å². The third-order valence-electron chi connectivity index (χ3n) is 1.58. The van der Waals surface area contributed by atoms with Gasteiger partial charge in [0.05, 0.1) is 0 Å². The third-order valence-corrected chi connectivity index (χ3v) is 2.99. The molecule has 0 aliphatic carbocycles. The van der Waals surface area contributed by atoms with E-state index in [1.165, 1.54) is 12.1 Å². The van der Waals surface area contributed by atoms with Crippen LogP contribution in [0.5, 0.6) is 0 Å². The van der Waals surface area contributed by atoms with Gasteiger partial charge in [0.25, 0.3) is 0 Å². The smallest absolute Gasteiger partial charge is 0.130 e. The number of hydrogen-bond donors (Lipinski definition) is 0. The summed E-state index contributed by atoms with van der Waals surface area (Å²) < 4.78 is 26.9. The number of halogens is 3. The standard InChI is InChI=1S/C9H10BrF2P/c1-13(2)5-7-8(11)3-6(10)4-9(7)12/h3-4H,5H2,1-2H3. The molecule has 0 N–H and O–H groups in total. The van der Waals surface area contributed by atoms with Crippen molar-refractivity contribution >= 4 is 23.9 Å². The maximum Gasteiger partial charge on any atom is 0.130 e. The molecule has 0 fully saturated rings. The van der Waals surface area contributed by atoms with Crippen LogP contribution in [0.1, 0.15) is 5.56 Å². The van der Waals surface area contributed by atoms with Crippen LogP contribution in [0.25, 0.3) is 0 Å². The summed E-state index contributed by atoms with van der Waals surface area (Å²) in [6, 6.07) is 2.61. The predicted octanol–water partition coefficient (Wildman–Crippen LogP) is 3.97. The van der Waals surface area contributed by atoms with Crippen molar-refractivity contribution < 1.29 is 8.78 Å². The summed E-state index contributed by atoms with van der Waals surface area (Å²) in [6.45, 7) is 3.99. The molecule has 0 aliphatic rings. The van der Waals surface area contributed by atoms with Crippen LogP contribution < -0.4 is 0 Å². The first-order chi connectivity index (χ1) is 6.00. The summed E-state index contributed by atoms with van der Waals surface area (Å²) in [7, 11) is -0.314. The molecule has 0 atom stereocenters. The predicted molar refractivity (Wildman–Crippen MR) is 56.5 cm³/mol. The average molecular weight is 267 g/mol. The highest BCUT2D eigenvalue weighted by atomic mass is 79.9. The first-order valence-corrected chi connectivity index (χ1v) is 7.00. The highest BCUT2D eigenvalue weighted by Crippen LogP contribution is 2.33. The van der Waals surface area contributed by atoms with Crippen LogP contribution in [-0.2, 0) is 6.16 Å². The fourth-order valence-corrected chi connectivity index (χ4v) is 2.38. The average Bonchev–Trinajstić information content (AvgIpc) is 1.96. The summed E-state index contributed by atoms with van der Waals surface area (Å²) in [5.41, 5.74) is 0.208. The first-order valence-electron chi connectivity index (χ1n) is 3.79. The quantitative estimate of drug-likeness (QED) is 0.711. The minimum Gasteiger partial charge on any atom is -0.207 e. The molecule has 0 amide bonds. The van der Waals surface area contributed by atoms with E-state index in [0.717, 1.165) is 0 Å². The Balaban J connectivity index is 3.06. The fourth-order valence-electron chi connectivity index (χ4n) is 1.04. The molecule has 72 valence electrons. The van der Waals surface area contributed by atoms with Crippen LogP contribution in [0, 0.1) is 11.6 Å². The fraction of sp³-hybridized carbons (Fsp3) is 0.333. The molecule has 0 heterocycles. The van der Waals surface area contributed by atoms with Crippen molar-refractivity contribution in [3.05, 3.63) is 33.8 Å². The lowest BCUT2D eigenvalue weighted by molar-refractivity contribution is 0.564. The topological polar surface area (TPSA) is 0 Å². The number of rotatable bonds is 2. The summed E-state index contributed by atoms with van der Waals surface area (Å²) in [6.07, 6.45) is 0.500. The Bertz CT molecular complexity index is 289. The Morgan fingerprint density at radius 2 is 1.69 bits per heavy atom. The van der Waals surface area contributed by atoms with Crippen LogP contribution in [-0.4, -0.2) is 13.3 Å². The molecule has 1 aromatic rings. The van der Waals surface area contributed by atoms with Crippen molar-refractivity contribution in [1.29, 1.82) is 0 Å². The van der Waals surface area contributed by atoms with Crippen molar-refractivity contribution in [3.63, 3.8) is 0 Å². The molecule has 0 spiro atoms. The summed E-state index contributed by atoms with van der Waals surface area (Å²) in [4.78, 5) is 0. The van der Waals surface area contributed by atoms with E-state index < -0.39 is 11.6 Å². The zero-order valence-electron chi connectivity index (χ0n) is 7.44. The molecule has 0 saturated carbocycles. The molecule has 0 aliphatic heterocycles. The molecule has 4 heteroatoms. The van der Waals surface area contributed by atoms with Gasteiger partial charge in [-0.25, -0.2) is 8.78 Å². The molecular weight excluding hydrogens is 257 g/mol. The van der Waals surface area contributed by atoms with Gasteiger partial charge < -0.3 is 0 Å². The van der Waals surface area contributed by atoms with E-state index in [4.69, 9.17) is 0 Å². The lowest BCUT2D eigenvalue weighted by Gasteiger charge is -2.08. The molecule has 13 heavy (non-hydrogen) atoms. The second-order valence-electron chi connectivity index (χ2n) is 3.09. The third kappa shape index (κ3) is 2.99. The Hall–Kier alpha value is -0.0100. The van der Waals surface area contributed by atoms with Gasteiger partial charge in [-0.3, -0.25) is 0 Å². The van der Waals surface area contributed by atoms with Crippen molar-refractivity contribution in [2.75, 3.05) is 13.3 Å². The Kier molecular flexibility index (Phi) is 3.81. The molecule has 1 rings (SSSR count). The molecule has 0 saturated heterocycles. The normalized spacial score (nSPS) is 10.9. The van der Waals surface area contributed by atoms with Gasteiger partial charge in [-0.1, -0.05) is 15.9 Å². The van der Waals surface area contributed by atoms with Crippen LogP contribution in [0.3, 0.4) is 0 Å². The van der Waals surface area contributed by atoms with Crippen molar-refractivity contribution in [3.8, 4) is 0 Å². The van der Waals surface area contributed by atoms with Gasteiger partial charge in [-0.2, -0.15) is 0 Å². The van der Waals surface area contributed by atoms with E-state index in [1.54, 1.807) is 0 Å². The van der Waals surface area contributed by atoms with Gasteiger partial charge in [0.15, 0.2) is 0 Å². The van der Waals surface area contributed by atoms with Gasteiger partial charge in [0.1, 0.15) is 11.6 Å². The lowest BCUT2D eigenvalue weighted by atomic mass is 10.2. The molecule has 0 radical (unpaired) electrons. The Morgan fingerprint density at radius 3 is 2.08 bits per heavy atom. The van der Waals surface area contributed by atoms with Crippen molar-refractivity contribution in [2.24, 2.45) is 0 Å². The van der Waals surface area contributed by atoms with E-state index in [9.17, 15) is 8.78 Å². The van der Waals surface area contributed by atoms with Crippen molar-refractivity contribution in [1.82, 2.24) is 0 Å². The zero-order chi connectivity index (χ0) is 10.0. The molecule has 0 aromatic heterocycles. The first kappa shape index (κ1) is 11.1. The maximum absolute atomic E-state index is 13.2. The van der Waals surface area contributed by atoms with Crippen LogP contribution in [0.2, 0.25) is 0 Å². The highest BCUT2D eigenvalue weighted by Gasteiger charge is 2.11. The Morgan fingerprint density at radius 1 is 1.23 bits per heavy atom. The highest BCUT2D eigenvalue weighted by molar-refractivity contribution is 9.10. The summed E-state index contributed by atoms with van der Waals surface area (Å²) >= 11 is 3.04. The van der Waals surface area contributed by atoms with Crippen LogP contribution >= 0.6 is 23.9 Å². The second kappa shape index (κ2) is 4.47. The Labute approximate surface area is 86.2 Å². The van der Waals surface area contributed by atoms with Crippen LogP contribution in [0.15, 0.2) is 16.6 Å². The molecule has 0 nitrogen and oxygen atoms in total. The zero-order valence-corrected chi connectivity index (χ0v) is 9.92. The van der Waals surface area contributed by atoms with Gasteiger partial charge in [0.2, 0.25) is 0 Å². The van der Waals surface area contributed by atoms with Gasteiger partial charge in [-0.15, -0.1) is 7.92 Å². The molecule has 1 aromatic carbocycles.